The normalized spacial score (nSPS) is 27.6. The zero-order valence-corrected chi connectivity index (χ0v) is 11.5. The minimum absolute atomic E-state index is 0.00472. The Morgan fingerprint density at radius 1 is 1.35 bits per heavy atom. The Morgan fingerprint density at radius 3 is 2.85 bits per heavy atom. The van der Waals surface area contributed by atoms with Gasteiger partial charge in [0, 0.05) is 13.1 Å². The van der Waals surface area contributed by atoms with Crippen LogP contribution in [0.25, 0.3) is 0 Å². The molecule has 1 aromatic rings. The monoisotopic (exact) mass is 281 g/mol. The molecule has 7 heteroatoms. The lowest BCUT2D eigenvalue weighted by Gasteiger charge is -2.34. The quantitative estimate of drug-likeness (QED) is 0.827. The van der Waals surface area contributed by atoms with Crippen LogP contribution < -0.4 is 5.32 Å². The van der Waals surface area contributed by atoms with Gasteiger partial charge in [-0.2, -0.15) is 0 Å². The van der Waals surface area contributed by atoms with Gasteiger partial charge in [0.05, 0.1) is 44.7 Å². The highest BCUT2D eigenvalue weighted by Crippen LogP contribution is 2.16. The molecule has 0 spiro atoms. The maximum atomic E-state index is 12.2. The molecule has 1 N–H and O–H groups in total. The van der Waals surface area contributed by atoms with E-state index in [2.05, 4.69) is 15.4 Å². The van der Waals surface area contributed by atoms with Gasteiger partial charge in [-0.1, -0.05) is 5.16 Å². The van der Waals surface area contributed by atoms with Gasteiger partial charge in [-0.25, -0.2) is 0 Å². The summed E-state index contributed by atoms with van der Waals surface area (Å²) in [6.07, 6.45) is 1.45. The number of rotatable bonds is 3. The minimum atomic E-state index is -0.155. The van der Waals surface area contributed by atoms with Crippen molar-refractivity contribution in [2.24, 2.45) is 0 Å². The van der Waals surface area contributed by atoms with Gasteiger partial charge in [-0.05, 0) is 6.92 Å². The fraction of sp³-hybridized carbons (Fsp3) is 0.692. The molecule has 0 saturated carbocycles. The summed E-state index contributed by atoms with van der Waals surface area (Å²) in [5, 5.41) is 6.66. The third kappa shape index (κ3) is 2.70. The van der Waals surface area contributed by atoms with E-state index in [1.165, 1.54) is 6.20 Å². The first-order valence-corrected chi connectivity index (χ1v) is 6.87. The third-order valence-electron chi connectivity index (χ3n) is 3.88. The number of morpholine rings is 1. The number of carbonyl (C=O) groups excluding carboxylic acids is 1. The molecule has 110 valence electrons. The molecule has 2 fully saturated rings. The van der Waals surface area contributed by atoms with Crippen LogP contribution in [0.5, 0.6) is 0 Å². The predicted octanol–water partition coefficient (Wildman–Crippen LogP) is -0.188. The first kappa shape index (κ1) is 13.5. The molecule has 2 aliphatic heterocycles. The molecule has 7 nitrogen and oxygen atoms in total. The first-order valence-electron chi connectivity index (χ1n) is 6.87. The smallest absolute Gasteiger partial charge is 0.256 e. The number of aryl methyl sites for hydroxylation is 1. The standard InChI is InChI=1S/C13H19N3O4/c1-9-10(6-14-20-9)13(17)15-11-7-19-8-12(11)16-2-4-18-5-3-16/h6,11-12H,2-5,7-8H2,1H3,(H,15,17)/t11-,12-/m1/s1. The van der Waals surface area contributed by atoms with E-state index in [0.717, 1.165) is 26.3 Å². The molecule has 1 aromatic heterocycles. The SMILES string of the molecule is Cc1oncc1C(=O)N[C@@H]1COC[C@H]1N1CCOCC1. The van der Waals surface area contributed by atoms with Gasteiger partial charge in [-0.15, -0.1) is 0 Å². The van der Waals surface area contributed by atoms with E-state index in [1.54, 1.807) is 6.92 Å². The van der Waals surface area contributed by atoms with E-state index in [1.807, 2.05) is 0 Å². The van der Waals surface area contributed by atoms with Crippen molar-refractivity contribution in [2.45, 2.75) is 19.0 Å². The molecule has 0 unspecified atom stereocenters. The summed E-state index contributed by atoms with van der Waals surface area (Å²) in [7, 11) is 0. The average Bonchev–Trinajstić information content (AvgIpc) is 3.08. The lowest BCUT2D eigenvalue weighted by atomic mass is 10.1. The summed E-state index contributed by atoms with van der Waals surface area (Å²) in [6.45, 7) is 6.15. The van der Waals surface area contributed by atoms with Crippen LogP contribution in [0.2, 0.25) is 0 Å². The zero-order chi connectivity index (χ0) is 13.9. The fourth-order valence-corrected chi connectivity index (χ4v) is 2.71. The van der Waals surface area contributed by atoms with E-state index < -0.39 is 0 Å². The van der Waals surface area contributed by atoms with Crippen LogP contribution in [0.15, 0.2) is 10.7 Å². The highest BCUT2D eigenvalue weighted by molar-refractivity contribution is 5.95. The minimum Gasteiger partial charge on any atom is -0.379 e. The van der Waals surface area contributed by atoms with Crippen LogP contribution in [-0.2, 0) is 9.47 Å². The molecule has 1 amide bonds. The molecule has 3 rings (SSSR count). The van der Waals surface area contributed by atoms with E-state index in [-0.39, 0.29) is 18.0 Å². The summed E-state index contributed by atoms with van der Waals surface area (Å²) in [5.41, 5.74) is 0.484. The van der Waals surface area contributed by atoms with Gasteiger partial charge in [0.15, 0.2) is 0 Å². The Hall–Kier alpha value is -1.44. The Balaban J connectivity index is 1.64. The predicted molar refractivity (Wildman–Crippen MR) is 69.5 cm³/mol. The first-order chi connectivity index (χ1) is 9.75. The van der Waals surface area contributed by atoms with Crippen molar-refractivity contribution in [1.82, 2.24) is 15.4 Å². The van der Waals surface area contributed by atoms with E-state index in [0.29, 0.717) is 24.5 Å². The zero-order valence-electron chi connectivity index (χ0n) is 11.5. The van der Waals surface area contributed by atoms with Gasteiger partial charge in [0.25, 0.3) is 5.91 Å². The van der Waals surface area contributed by atoms with E-state index >= 15 is 0 Å². The molecular weight excluding hydrogens is 262 g/mol. The van der Waals surface area contributed by atoms with Gasteiger partial charge in [0.1, 0.15) is 11.3 Å². The molecule has 2 saturated heterocycles. The molecular formula is C13H19N3O4. The molecule has 0 bridgehead atoms. The molecule has 3 heterocycles. The molecule has 0 aromatic carbocycles. The van der Waals surface area contributed by atoms with Crippen LogP contribution >= 0.6 is 0 Å². The van der Waals surface area contributed by atoms with Crippen LogP contribution in [0.3, 0.4) is 0 Å². The fourth-order valence-electron chi connectivity index (χ4n) is 2.71. The topological polar surface area (TPSA) is 76.8 Å². The second kappa shape index (κ2) is 5.90. The highest BCUT2D eigenvalue weighted by Gasteiger charge is 2.35. The highest BCUT2D eigenvalue weighted by atomic mass is 16.5. The van der Waals surface area contributed by atoms with Gasteiger partial charge >= 0.3 is 0 Å². The van der Waals surface area contributed by atoms with E-state index in [4.69, 9.17) is 14.0 Å². The maximum absolute atomic E-state index is 12.2. The Bertz CT molecular complexity index is 470. The maximum Gasteiger partial charge on any atom is 0.256 e. The molecule has 0 radical (unpaired) electrons. The summed E-state index contributed by atoms with van der Waals surface area (Å²) in [5.74, 6) is 0.377. The number of hydrogen-bond acceptors (Lipinski definition) is 6. The third-order valence-corrected chi connectivity index (χ3v) is 3.88. The summed E-state index contributed by atoms with van der Waals surface area (Å²) < 4.78 is 15.8. The van der Waals surface area contributed by atoms with Crippen molar-refractivity contribution in [3.8, 4) is 0 Å². The average molecular weight is 281 g/mol. The Kier molecular flexibility index (Phi) is 4.00. The summed E-state index contributed by atoms with van der Waals surface area (Å²) in [4.78, 5) is 14.5. The molecule has 20 heavy (non-hydrogen) atoms. The Labute approximate surface area is 117 Å². The summed E-state index contributed by atoms with van der Waals surface area (Å²) >= 11 is 0. The number of aromatic nitrogens is 1. The lowest BCUT2D eigenvalue weighted by molar-refractivity contribution is 0.0108. The van der Waals surface area contributed by atoms with Gasteiger partial charge < -0.3 is 19.3 Å². The number of nitrogens with zero attached hydrogens (tertiary/aromatic N) is 2. The largest absolute Gasteiger partial charge is 0.379 e. The van der Waals surface area contributed by atoms with Crippen molar-refractivity contribution >= 4 is 5.91 Å². The van der Waals surface area contributed by atoms with Crippen LogP contribution in [0, 0.1) is 6.92 Å². The number of carbonyl (C=O) groups is 1. The number of amides is 1. The molecule has 2 atom stereocenters. The Morgan fingerprint density at radius 2 is 2.15 bits per heavy atom. The lowest BCUT2D eigenvalue weighted by Crippen LogP contribution is -2.54. The van der Waals surface area contributed by atoms with Crippen molar-refractivity contribution < 1.29 is 18.8 Å². The second-order valence-electron chi connectivity index (χ2n) is 5.13. The van der Waals surface area contributed by atoms with Gasteiger partial charge in [-0.3, -0.25) is 9.69 Å². The number of hydrogen-bond donors (Lipinski definition) is 1. The molecule has 0 aliphatic carbocycles. The summed E-state index contributed by atoms with van der Waals surface area (Å²) in [6, 6.07) is 0.206. The van der Waals surface area contributed by atoms with Crippen molar-refractivity contribution in [3.63, 3.8) is 0 Å². The van der Waals surface area contributed by atoms with Crippen molar-refractivity contribution in [2.75, 3.05) is 39.5 Å². The van der Waals surface area contributed by atoms with E-state index in [9.17, 15) is 4.79 Å². The van der Waals surface area contributed by atoms with Crippen LogP contribution in [0.4, 0.5) is 0 Å². The number of ether oxygens (including phenoxy) is 2. The van der Waals surface area contributed by atoms with Crippen LogP contribution in [-0.4, -0.2) is 67.6 Å². The molecule has 2 aliphatic rings. The van der Waals surface area contributed by atoms with Crippen LogP contribution in [0.1, 0.15) is 16.1 Å². The number of nitrogens with one attached hydrogen (secondary N) is 1. The second-order valence-corrected chi connectivity index (χ2v) is 5.13. The van der Waals surface area contributed by atoms with Crippen molar-refractivity contribution in [1.29, 1.82) is 0 Å². The van der Waals surface area contributed by atoms with Crippen molar-refractivity contribution in [3.05, 3.63) is 17.5 Å². The van der Waals surface area contributed by atoms with Gasteiger partial charge in [0.2, 0.25) is 0 Å².